The Morgan fingerprint density at radius 1 is 1.25 bits per heavy atom. The Morgan fingerprint density at radius 3 is 2.75 bits per heavy atom. The maximum Gasteiger partial charge on any atom is 0.216 e. The van der Waals surface area contributed by atoms with E-state index in [-0.39, 0.29) is 0 Å². The topological polar surface area (TPSA) is 51.0 Å². The van der Waals surface area contributed by atoms with Gasteiger partial charge in [-0.1, -0.05) is 12.8 Å². The lowest BCUT2D eigenvalue weighted by atomic mass is 10.0. The van der Waals surface area contributed by atoms with Crippen molar-refractivity contribution < 1.29 is 4.42 Å². The Morgan fingerprint density at radius 2 is 2.00 bits per heavy atom. The number of aryl methyl sites for hydroxylation is 1. The summed E-state index contributed by atoms with van der Waals surface area (Å²) in [6.07, 6.45) is 8.33. The average Bonchev–Trinajstić information content (AvgIpc) is 2.91. The number of rotatable bonds is 6. The minimum atomic E-state index is 0.783. The second-order valence-corrected chi connectivity index (χ2v) is 4.65. The van der Waals surface area contributed by atoms with Crippen LogP contribution >= 0.6 is 0 Å². The third-order valence-electron chi connectivity index (χ3n) is 3.26. The number of hydrogen-bond acceptors (Lipinski definition) is 4. The van der Waals surface area contributed by atoms with E-state index in [1.54, 1.807) is 0 Å². The van der Waals surface area contributed by atoms with Crippen LogP contribution in [0.25, 0.3) is 0 Å². The summed E-state index contributed by atoms with van der Waals surface area (Å²) in [6.45, 7) is 1.00. The van der Waals surface area contributed by atoms with Gasteiger partial charge in [0.2, 0.25) is 11.8 Å². The van der Waals surface area contributed by atoms with Gasteiger partial charge in [0.05, 0.1) is 0 Å². The van der Waals surface area contributed by atoms with Crippen molar-refractivity contribution >= 4 is 0 Å². The van der Waals surface area contributed by atoms with Gasteiger partial charge in [0, 0.05) is 12.8 Å². The smallest absolute Gasteiger partial charge is 0.216 e. The van der Waals surface area contributed by atoms with Crippen molar-refractivity contribution in [1.29, 1.82) is 0 Å². The van der Waals surface area contributed by atoms with Crippen LogP contribution in [-0.2, 0) is 12.8 Å². The van der Waals surface area contributed by atoms with Crippen LogP contribution in [0.15, 0.2) is 4.42 Å². The Balaban J connectivity index is 1.77. The molecule has 16 heavy (non-hydrogen) atoms. The number of aromatic nitrogens is 2. The Hall–Kier alpha value is -0.900. The van der Waals surface area contributed by atoms with Crippen molar-refractivity contribution in [2.75, 3.05) is 13.6 Å². The molecule has 4 nitrogen and oxygen atoms in total. The third kappa shape index (κ3) is 3.30. The van der Waals surface area contributed by atoms with Crippen molar-refractivity contribution in [3.8, 4) is 0 Å². The largest absolute Gasteiger partial charge is 0.425 e. The Kier molecular flexibility index (Phi) is 4.34. The van der Waals surface area contributed by atoms with Crippen LogP contribution in [0.3, 0.4) is 0 Å². The van der Waals surface area contributed by atoms with Gasteiger partial charge >= 0.3 is 0 Å². The van der Waals surface area contributed by atoms with Crippen molar-refractivity contribution in [2.45, 2.75) is 44.9 Å². The molecule has 1 heterocycles. The summed E-state index contributed by atoms with van der Waals surface area (Å²) in [6, 6.07) is 0. The van der Waals surface area contributed by atoms with Gasteiger partial charge in [-0.05, 0) is 38.8 Å². The van der Waals surface area contributed by atoms with Crippen molar-refractivity contribution in [3.63, 3.8) is 0 Å². The Labute approximate surface area is 96.8 Å². The maximum atomic E-state index is 5.64. The van der Waals surface area contributed by atoms with Gasteiger partial charge < -0.3 is 9.73 Å². The molecule has 4 heteroatoms. The lowest BCUT2D eigenvalue weighted by Gasteiger charge is -2.03. The highest BCUT2D eigenvalue weighted by Gasteiger charge is 2.18. The van der Waals surface area contributed by atoms with Crippen molar-refractivity contribution in [2.24, 2.45) is 5.92 Å². The molecule has 0 bridgehead atoms. The summed E-state index contributed by atoms with van der Waals surface area (Å²) in [4.78, 5) is 0. The molecule has 0 unspecified atom stereocenters. The molecule has 0 saturated heterocycles. The van der Waals surface area contributed by atoms with E-state index in [0.29, 0.717) is 0 Å². The average molecular weight is 223 g/mol. The van der Waals surface area contributed by atoms with E-state index in [4.69, 9.17) is 4.42 Å². The van der Waals surface area contributed by atoms with E-state index >= 15 is 0 Å². The Bertz CT molecular complexity index is 305. The minimum Gasteiger partial charge on any atom is -0.425 e. The fourth-order valence-corrected chi connectivity index (χ4v) is 2.35. The first kappa shape index (κ1) is 11.6. The molecular formula is C12H21N3O. The van der Waals surface area contributed by atoms with Gasteiger partial charge in [-0.3, -0.25) is 0 Å². The van der Waals surface area contributed by atoms with E-state index in [2.05, 4.69) is 15.5 Å². The van der Waals surface area contributed by atoms with Gasteiger partial charge in [0.15, 0.2) is 0 Å². The predicted molar refractivity (Wildman–Crippen MR) is 62.2 cm³/mol. The molecule has 0 spiro atoms. The molecule has 1 aliphatic rings. The van der Waals surface area contributed by atoms with Crippen LogP contribution < -0.4 is 5.32 Å². The predicted octanol–water partition coefficient (Wildman–Crippen LogP) is 1.95. The zero-order valence-corrected chi connectivity index (χ0v) is 10.0. The van der Waals surface area contributed by atoms with Crippen LogP contribution in [0, 0.1) is 5.92 Å². The van der Waals surface area contributed by atoms with Crippen LogP contribution in [0.2, 0.25) is 0 Å². The lowest BCUT2D eigenvalue weighted by molar-refractivity contribution is 0.404. The zero-order valence-electron chi connectivity index (χ0n) is 10.0. The van der Waals surface area contributed by atoms with E-state index < -0.39 is 0 Å². The molecule has 2 rings (SSSR count). The summed E-state index contributed by atoms with van der Waals surface area (Å²) in [7, 11) is 1.96. The van der Waals surface area contributed by atoms with Gasteiger partial charge in [0.1, 0.15) is 0 Å². The molecule has 90 valence electrons. The number of nitrogens with zero attached hydrogens (tertiary/aromatic N) is 2. The van der Waals surface area contributed by atoms with E-state index in [9.17, 15) is 0 Å². The van der Waals surface area contributed by atoms with E-state index in [1.165, 1.54) is 25.7 Å². The number of hydrogen-bond donors (Lipinski definition) is 1. The molecule has 1 aliphatic carbocycles. The first-order chi connectivity index (χ1) is 7.88. The van der Waals surface area contributed by atoms with Gasteiger partial charge in [-0.25, -0.2) is 0 Å². The highest BCUT2D eigenvalue weighted by Crippen LogP contribution is 2.27. The third-order valence-corrected chi connectivity index (χ3v) is 3.26. The van der Waals surface area contributed by atoms with Crippen LogP contribution in [-0.4, -0.2) is 23.8 Å². The SMILES string of the molecule is CNCCCc1nnc(CC2CCCC2)o1. The molecule has 1 fully saturated rings. The summed E-state index contributed by atoms with van der Waals surface area (Å²) in [5.74, 6) is 2.42. The quantitative estimate of drug-likeness (QED) is 0.749. The first-order valence-corrected chi connectivity index (χ1v) is 6.34. The molecule has 0 amide bonds. The molecule has 0 radical (unpaired) electrons. The minimum absolute atomic E-state index is 0.783. The van der Waals surface area contributed by atoms with Gasteiger partial charge in [0.25, 0.3) is 0 Å². The summed E-state index contributed by atoms with van der Waals surface area (Å²) >= 11 is 0. The standard InChI is InChI=1S/C12H21N3O/c1-13-8-4-7-11-14-15-12(16-11)9-10-5-2-3-6-10/h10,13H,2-9H2,1H3. The van der Waals surface area contributed by atoms with Gasteiger partial charge in [-0.15, -0.1) is 10.2 Å². The molecule has 0 atom stereocenters. The number of nitrogens with one attached hydrogen (secondary N) is 1. The normalized spacial score (nSPS) is 17.1. The molecule has 0 aromatic carbocycles. The molecule has 1 aromatic rings. The molecule has 1 N–H and O–H groups in total. The highest BCUT2D eigenvalue weighted by molar-refractivity contribution is 4.86. The lowest BCUT2D eigenvalue weighted by Crippen LogP contribution is -2.08. The van der Waals surface area contributed by atoms with Crippen molar-refractivity contribution in [3.05, 3.63) is 11.8 Å². The van der Waals surface area contributed by atoms with Gasteiger partial charge in [-0.2, -0.15) is 0 Å². The molecule has 0 aliphatic heterocycles. The summed E-state index contributed by atoms with van der Waals surface area (Å²) in [5, 5.41) is 11.3. The van der Waals surface area contributed by atoms with Crippen molar-refractivity contribution in [1.82, 2.24) is 15.5 Å². The summed E-state index contributed by atoms with van der Waals surface area (Å²) < 4.78 is 5.64. The van der Waals surface area contributed by atoms with E-state index in [0.717, 1.165) is 43.5 Å². The molecular weight excluding hydrogens is 202 g/mol. The molecule has 1 saturated carbocycles. The maximum absolute atomic E-state index is 5.64. The van der Waals surface area contributed by atoms with Crippen LogP contribution in [0.5, 0.6) is 0 Å². The zero-order chi connectivity index (χ0) is 11.2. The monoisotopic (exact) mass is 223 g/mol. The molecule has 1 aromatic heterocycles. The summed E-state index contributed by atoms with van der Waals surface area (Å²) in [5.41, 5.74) is 0. The second-order valence-electron chi connectivity index (χ2n) is 4.65. The fourth-order valence-electron chi connectivity index (χ4n) is 2.35. The first-order valence-electron chi connectivity index (χ1n) is 6.34. The van der Waals surface area contributed by atoms with E-state index in [1.807, 2.05) is 7.05 Å². The second kappa shape index (κ2) is 5.99. The fraction of sp³-hybridized carbons (Fsp3) is 0.833. The van der Waals surface area contributed by atoms with Crippen LogP contribution in [0.1, 0.15) is 43.9 Å². The highest BCUT2D eigenvalue weighted by atomic mass is 16.4. The van der Waals surface area contributed by atoms with Crippen LogP contribution in [0.4, 0.5) is 0 Å².